The van der Waals surface area contributed by atoms with Crippen molar-refractivity contribution in [3.8, 4) is 0 Å². The van der Waals surface area contributed by atoms with E-state index in [0.717, 1.165) is 5.56 Å². The third-order valence-corrected chi connectivity index (χ3v) is 9.04. The van der Waals surface area contributed by atoms with Crippen LogP contribution >= 0.6 is 22.7 Å². The summed E-state index contributed by atoms with van der Waals surface area (Å²) in [5.41, 5.74) is 2.21. The summed E-state index contributed by atoms with van der Waals surface area (Å²) in [5, 5.41) is 13.4. The Morgan fingerprint density at radius 3 is 2.38 bits per heavy atom. The molecule has 4 amide bonds. The van der Waals surface area contributed by atoms with Gasteiger partial charge in [0.25, 0.3) is 17.7 Å². The van der Waals surface area contributed by atoms with E-state index in [9.17, 15) is 19.2 Å². The number of hydrogen-bond acceptors (Lipinski definition) is 10. The highest BCUT2D eigenvalue weighted by atomic mass is 32.1. The molecule has 1 aliphatic heterocycles. The minimum absolute atomic E-state index is 0.00455. The van der Waals surface area contributed by atoms with Gasteiger partial charge in [-0.2, -0.15) is 0 Å². The molecule has 0 aliphatic carbocycles. The van der Waals surface area contributed by atoms with Gasteiger partial charge in [0.2, 0.25) is 5.91 Å². The predicted octanol–water partition coefficient (Wildman–Crippen LogP) is 3.50. The normalized spacial score (nSPS) is 18.3. The van der Waals surface area contributed by atoms with Crippen LogP contribution in [0.3, 0.4) is 0 Å². The first-order valence-electron chi connectivity index (χ1n) is 14.6. The monoisotopic (exact) mass is 646 g/mol. The van der Waals surface area contributed by atoms with Crippen LogP contribution in [0, 0.1) is 12.8 Å². The molecule has 1 aromatic carbocycles. The molecule has 45 heavy (non-hydrogen) atoms. The lowest BCUT2D eigenvalue weighted by Gasteiger charge is -2.24. The van der Waals surface area contributed by atoms with Gasteiger partial charge in [-0.25, -0.2) is 15.0 Å². The molecule has 4 heterocycles. The van der Waals surface area contributed by atoms with Crippen LogP contribution in [0.25, 0.3) is 0 Å². The summed E-state index contributed by atoms with van der Waals surface area (Å²) in [5.74, 6) is -1.60. The minimum atomic E-state index is -0.550. The molecular weight excluding hydrogens is 613 g/mol. The zero-order valence-electron chi connectivity index (χ0n) is 25.1. The van der Waals surface area contributed by atoms with Gasteiger partial charge < -0.3 is 20.9 Å². The van der Waals surface area contributed by atoms with Crippen molar-refractivity contribution in [2.45, 2.75) is 45.7 Å². The van der Waals surface area contributed by atoms with E-state index >= 15 is 0 Å². The number of fused-ring (bicyclic) bond motifs is 4. The van der Waals surface area contributed by atoms with Gasteiger partial charge in [-0.1, -0.05) is 44.2 Å². The van der Waals surface area contributed by atoms with Gasteiger partial charge in [0.05, 0.1) is 30.5 Å². The van der Waals surface area contributed by atoms with Gasteiger partial charge in [-0.15, -0.1) is 22.7 Å². The Morgan fingerprint density at radius 2 is 1.67 bits per heavy atom. The molecule has 14 heteroatoms. The van der Waals surface area contributed by atoms with Gasteiger partial charge >= 0.3 is 0 Å². The maximum atomic E-state index is 13.5. The van der Waals surface area contributed by atoms with Gasteiger partial charge in [-0.3, -0.25) is 24.2 Å². The van der Waals surface area contributed by atoms with E-state index in [-0.39, 0.29) is 54.4 Å². The molecule has 4 aromatic rings. The number of benzene rings is 1. The molecule has 3 aromatic heterocycles. The van der Waals surface area contributed by atoms with Gasteiger partial charge in [0.1, 0.15) is 27.1 Å². The molecule has 3 N–H and O–H groups in total. The second-order valence-electron chi connectivity index (χ2n) is 11.0. The van der Waals surface area contributed by atoms with Crippen LogP contribution in [-0.4, -0.2) is 68.1 Å². The van der Waals surface area contributed by atoms with Gasteiger partial charge in [0.15, 0.2) is 0 Å². The van der Waals surface area contributed by atoms with Crippen LogP contribution in [0.2, 0.25) is 0 Å². The lowest BCUT2D eigenvalue weighted by molar-refractivity contribution is -0.122. The molecule has 1 aliphatic rings. The van der Waals surface area contributed by atoms with Gasteiger partial charge in [0, 0.05) is 30.0 Å². The smallest absolute Gasteiger partial charge is 0.274 e. The van der Waals surface area contributed by atoms with Crippen LogP contribution in [0.1, 0.15) is 85.1 Å². The number of thiazole rings is 2. The summed E-state index contributed by atoms with van der Waals surface area (Å²) >= 11 is 2.58. The van der Waals surface area contributed by atoms with Crippen molar-refractivity contribution < 1.29 is 19.2 Å². The Hall–Kier alpha value is -4.56. The molecule has 5 rings (SSSR count). The van der Waals surface area contributed by atoms with Crippen molar-refractivity contribution >= 4 is 46.3 Å². The van der Waals surface area contributed by atoms with Crippen LogP contribution in [0.5, 0.6) is 0 Å². The first kappa shape index (κ1) is 31.9. The molecular formula is C31H34N8O4S2. The number of carbonyl (C=O) groups is 4. The highest BCUT2D eigenvalue weighted by Crippen LogP contribution is 2.27. The number of carbonyl (C=O) groups excluding carboxylic acids is 4. The van der Waals surface area contributed by atoms with E-state index < -0.39 is 23.9 Å². The fraction of sp³-hybridized carbons (Fsp3) is 0.355. The third kappa shape index (κ3) is 8.13. The van der Waals surface area contributed by atoms with Crippen LogP contribution in [-0.2, 0) is 11.2 Å². The lowest BCUT2D eigenvalue weighted by Crippen LogP contribution is -2.43. The van der Waals surface area contributed by atoms with E-state index in [1.165, 1.54) is 40.0 Å². The van der Waals surface area contributed by atoms with E-state index in [4.69, 9.17) is 0 Å². The maximum Gasteiger partial charge on any atom is 0.274 e. The van der Waals surface area contributed by atoms with Crippen LogP contribution in [0.4, 0.5) is 0 Å². The second-order valence-corrected chi connectivity index (χ2v) is 12.8. The van der Waals surface area contributed by atoms with Crippen LogP contribution < -0.4 is 16.0 Å². The Bertz CT molecular complexity index is 1660. The first-order valence-corrected chi connectivity index (χ1v) is 16.3. The van der Waals surface area contributed by atoms with Crippen molar-refractivity contribution in [1.82, 2.24) is 40.8 Å². The Balaban J connectivity index is 1.47. The predicted molar refractivity (Wildman–Crippen MR) is 170 cm³/mol. The van der Waals surface area contributed by atoms with Crippen molar-refractivity contribution in [1.29, 1.82) is 0 Å². The number of aryl methyl sites for hydroxylation is 1. The zero-order chi connectivity index (χ0) is 31.9. The average Bonchev–Trinajstić information content (AvgIpc) is 3.72. The van der Waals surface area contributed by atoms with E-state index in [1.54, 1.807) is 17.7 Å². The molecule has 4 bridgehead atoms. The standard InChI is InChI=1S/C31H34N8O4S2/c1-18(2)26-30-37-23(16-45-30)27(41)32-10-7-11-39(31(43)22-14-33-19(3)13-34-22)15-25(40)35-21(12-20-8-5-4-6-9-20)29-36-24(17-44-29)28(42)38-26/h4-6,8-9,13-14,16-18,21,26H,7,10-12,15H2,1-3H3,(H,32,41)(H,35,40)(H,38,42)/t21-,26-/m0/s1. The third-order valence-electron chi connectivity index (χ3n) is 7.16. The zero-order valence-corrected chi connectivity index (χ0v) is 26.8. The Kier molecular flexibility index (Phi) is 10.2. The second kappa shape index (κ2) is 14.5. The largest absolute Gasteiger partial charge is 0.351 e. The number of nitrogens with zero attached hydrogens (tertiary/aromatic N) is 5. The number of hydrogen-bond donors (Lipinski definition) is 3. The van der Waals surface area contributed by atoms with E-state index in [2.05, 4.69) is 35.9 Å². The quantitative estimate of drug-likeness (QED) is 0.304. The summed E-state index contributed by atoms with van der Waals surface area (Å²) in [6.07, 6.45) is 3.70. The summed E-state index contributed by atoms with van der Waals surface area (Å²) in [4.78, 5) is 72.1. The molecule has 12 nitrogen and oxygen atoms in total. The molecule has 234 valence electrons. The summed E-state index contributed by atoms with van der Waals surface area (Å²) in [7, 11) is 0. The summed E-state index contributed by atoms with van der Waals surface area (Å²) in [6, 6.07) is 8.68. The molecule has 0 radical (unpaired) electrons. The maximum absolute atomic E-state index is 13.5. The SMILES string of the molecule is Cc1cnc(C(=O)N2CCCNC(=O)c3csc(n3)[C@H](C(C)C)NC(=O)c3csc(n3)[C@H](Cc3ccccc3)NC(=O)C2)cn1. The Labute approximate surface area is 268 Å². The number of aromatic nitrogens is 4. The van der Waals surface area contributed by atoms with E-state index in [0.29, 0.717) is 28.6 Å². The van der Waals surface area contributed by atoms with Crippen LogP contribution in [0.15, 0.2) is 53.5 Å². The van der Waals surface area contributed by atoms with Crippen molar-refractivity contribution in [3.63, 3.8) is 0 Å². The molecule has 0 spiro atoms. The van der Waals surface area contributed by atoms with Gasteiger partial charge in [-0.05, 0) is 31.2 Å². The fourth-order valence-electron chi connectivity index (χ4n) is 4.76. The highest BCUT2D eigenvalue weighted by Gasteiger charge is 2.28. The highest BCUT2D eigenvalue weighted by molar-refractivity contribution is 7.10. The first-order chi connectivity index (χ1) is 21.7. The summed E-state index contributed by atoms with van der Waals surface area (Å²) < 4.78 is 0. The molecule has 0 saturated heterocycles. The Morgan fingerprint density at radius 1 is 0.956 bits per heavy atom. The summed E-state index contributed by atoms with van der Waals surface area (Å²) in [6.45, 7) is 5.88. The van der Waals surface area contributed by atoms with Crippen molar-refractivity contribution in [3.05, 3.63) is 91.8 Å². The van der Waals surface area contributed by atoms with Crippen molar-refractivity contribution in [2.24, 2.45) is 5.92 Å². The fourth-order valence-corrected chi connectivity index (χ4v) is 6.63. The number of amides is 4. The molecule has 0 fully saturated rings. The topological polar surface area (TPSA) is 159 Å². The molecule has 0 unspecified atom stereocenters. The minimum Gasteiger partial charge on any atom is -0.351 e. The average molecular weight is 647 g/mol. The van der Waals surface area contributed by atoms with Crippen molar-refractivity contribution in [2.75, 3.05) is 19.6 Å². The van der Waals surface area contributed by atoms with E-state index in [1.807, 2.05) is 44.2 Å². The number of rotatable bonds is 4. The number of nitrogens with one attached hydrogen (secondary N) is 3. The molecule has 0 saturated carbocycles. The molecule has 2 atom stereocenters. The lowest BCUT2D eigenvalue weighted by atomic mass is 10.0.